The van der Waals surface area contributed by atoms with Crippen molar-refractivity contribution in [3.05, 3.63) is 41.9 Å². The summed E-state index contributed by atoms with van der Waals surface area (Å²) in [6.45, 7) is 0.737. The molecule has 5 heteroatoms. The van der Waals surface area contributed by atoms with Gasteiger partial charge in [-0.05, 0) is 37.6 Å². The predicted octanol–water partition coefficient (Wildman–Crippen LogP) is 3.42. The summed E-state index contributed by atoms with van der Waals surface area (Å²) >= 11 is 0. The van der Waals surface area contributed by atoms with Crippen molar-refractivity contribution in [2.24, 2.45) is 5.73 Å². The van der Waals surface area contributed by atoms with E-state index in [1.165, 1.54) is 12.1 Å². The van der Waals surface area contributed by atoms with Gasteiger partial charge in [0.15, 0.2) is 11.6 Å². The van der Waals surface area contributed by atoms with Gasteiger partial charge in [0.2, 0.25) is 0 Å². The van der Waals surface area contributed by atoms with Crippen LogP contribution in [0.2, 0.25) is 0 Å². The molecule has 0 atom stereocenters. The molecule has 0 aliphatic rings. The summed E-state index contributed by atoms with van der Waals surface area (Å²) in [6.07, 6.45) is 6.87. The van der Waals surface area contributed by atoms with Crippen LogP contribution in [0.15, 0.2) is 24.4 Å². The quantitative estimate of drug-likeness (QED) is 0.763. The van der Waals surface area contributed by atoms with E-state index < -0.39 is 11.6 Å². The first-order valence-electron chi connectivity index (χ1n) is 6.90. The molecule has 0 fully saturated rings. The van der Waals surface area contributed by atoms with Gasteiger partial charge in [-0.15, -0.1) is 0 Å². The second-order valence-electron chi connectivity index (χ2n) is 4.83. The Morgan fingerprint density at radius 2 is 1.85 bits per heavy atom. The molecule has 3 N–H and O–H groups in total. The van der Waals surface area contributed by atoms with Gasteiger partial charge >= 0.3 is 0 Å². The van der Waals surface area contributed by atoms with Crippen molar-refractivity contribution in [2.45, 2.75) is 32.1 Å². The van der Waals surface area contributed by atoms with Gasteiger partial charge in [-0.1, -0.05) is 12.8 Å². The summed E-state index contributed by atoms with van der Waals surface area (Å²) in [4.78, 5) is 7.41. The third-order valence-electron chi connectivity index (χ3n) is 3.23. The molecule has 1 aromatic heterocycles. The normalized spacial score (nSPS) is 10.9. The van der Waals surface area contributed by atoms with E-state index in [0.29, 0.717) is 11.3 Å². The van der Waals surface area contributed by atoms with Crippen LogP contribution in [-0.2, 0) is 6.42 Å². The summed E-state index contributed by atoms with van der Waals surface area (Å²) in [7, 11) is 0. The van der Waals surface area contributed by atoms with Crippen molar-refractivity contribution < 1.29 is 8.78 Å². The highest BCUT2D eigenvalue weighted by Gasteiger charge is 2.07. The third kappa shape index (κ3) is 3.87. The highest BCUT2D eigenvalue weighted by Crippen LogP contribution is 2.20. The fourth-order valence-corrected chi connectivity index (χ4v) is 2.09. The topological polar surface area (TPSA) is 54.7 Å². The van der Waals surface area contributed by atoms with E-state index in [0.717, 1.165) is 50.5 Å². The molecule has 2 rings (SSSR count). The molecular formula is C15H19F2N3. The lowest BCUT2D eigenvalue weighted by molar-refractivity contribution is 0.509. The number of aromatic amines is 1. The van der Waals surface area contributed by atoms with Crippen molar-refractivity contribution >= 4 is 0 Å². The highest BCUT2D eigenvalue weighted by molar-refractivity contribution is 5.58. The van der Waals surface area contributed by atoms with Crippen LogP contribution in [0, 0.1) is 11.6 Å². The van der Waals surface area contributed by atoms with Crippen molar-refractivity contribution in [2.75, 3.05) is 6.54 Å². The Morgan fingerprint density at radius 3 is 2.60 bits per heavy atom. The van der Waals surface area contributed by atoms with Crippen LogP contribution in [0.25, 0.3) is 11.3 Å². The van der Waals surface area contributed by atoms with Crippen molar-refractivity contribution in [1.29, 1.82) is 0 Å². The van der Waals surface area contributed by atoms with E-state index in [1.807, 2.05) is 0 Å². The van der Waals surface area contributed by atoms with Crippen LogP contribution in [0.3, 0.4) is 0 Å². The standard InChI is InChI=1S/C15H19F2N3/c16-12-7-6-11(9-13(12)17)14-10-19-15(20-14)5-3-1-2-4-8-18/h6-7,9-10H,1-5,8,18H2,(H,19,20). The second-order valence-corrected chi connectivity index (χ2v) is 4.83. The smallest absolute Gasteiger partial charge is 0.159 e. The van der Waals surface area contributed by atoms with E-state index in [1.54, 1.807) is 6.20 Å². The number of benzene rings is 1. The van der Waals surface area contributed by atoms with Gasteiger partial charge in [-0.2, -0.15) is 0 Å². The van der Waals surface area contributed by atoms with Crippen LogP contribution in [0.4, 0.5) is 8.78 Å². The molecule has 0 aliphatic heterocycles. The lowest BCUT2D eigenvalue weighted by Crippen LogP contribution is -1.98. The molecule has 0 aliphatic carbocycles. The number of halogens is 2. The molecule has 2 aromatic rings. The van der Waals surface area contributed by atoms with Gasteiger partial charge < -0.3 is 10.7 Å². The number of nitrogens with two attached hydrogens (primary N) is 1. The molecule has 3 nitrogen and oxygen atoms in total. The van der Waals surface area contributed by atoms with E-state index in [-0.39, 0.29) is 0 Å². The van der Waals surface area contributed by atoms with Gasteiger partial charge in [0.1, 0.15) is 5.82 Å². The van der Waals surface area contributed by atoms with Gasteiger partial charge in [0.25, 0.3) is 0 Å². The van der Waals surface area contributed by atoms with Gasteiger partial charge in [0, 0.05) is 12.0 Å². The van der Waals surface area contributed by atoms with Crippen LogP contribution in [0.5, 0.6) is 0 Å². The first-order valence-corrected chi connectivity index (χ1v) is 6.90. The van der Waals surface area contributed by atoms with Crippen LogP contribution < -0.4 is 5.73 Å². The first-order chi connectivity index (χ1) is 9.70. The van der Waals surface area contributed by atoms with Crippen molar-refractivity contribution in [3.8, 4) is 11.3 Å². The number of rotatable bonds is 7. The Morgan fingerprint density at radius 1 is 1.05 bits per heavy atom. The maximum Gasteiger partial charge on any atom is 0.159 e. The highest BCUT2D eigenvalue weighted by atomic mass is 19.2. The summed E-state index contributed by atoms with van der Waals surface area (Å²) in [5.41, 5.74) is 6.75. The SMILES string of the molecule is NCCCCCCc1ncc(-c2ccc(F)c(F)c2)[nH]1. The number of hydrogen-bond donors (Lipinski definition) is 2. The minimum absolute atomic E-state index is 0.603. The number of hydrogen-bond acceptors (Lipinski definition) is 2. The Labute approximate surface area is 117 Å². The van der Waals surface area contributed by atoms with Gasteiger partial charge in [0.05, 0.1) is 11.9 Å². The zero-order valence-corrected chi connectivity index (χ0v) is 11.3. The first kappa shape index (κ1) is 14.7. The minimum Gasteiger partial charge on any atom is -0.342 e. The minimum atomic E-state index is -0.847. The van der Waals surface area contributed by atoms with Crippen LogP contribution >= 0.6 is 0 Å². The van der Waals surface area contributed by atoms with Gasteiger partial charge in [-0.25, -0.2) is 13.8 Å². The third-order valence-corrected chi connectivity index (χ3v) is 3.23. The lowest BCUT2D eigenvalue weighted by Gasteiger charge is -2.00. The van der Waals surface area contributed by atoms with E-state index in [4.69, 9.17) is 5.73 Å². The van der Waals surface area contributed by atoms with Crippen molar-refractivity contribution in [3.63, 3.8) is 0 Å². The molecule has 0 amide bonds. The number of unbranched alkanes of at least 4 members (excludes halogenated alkanes) is 3. The lowest BCUT2D eigenvalue weighted by atomic mass is 10.1. The molecule has 0 saturated carbocycles. The Hall–Kier alpha value is -1.75. The molecule has 0 radical (unpaired) electrons. The molecular weight excluding hydrogens is 260 g/mol. The van der Waals surface area contributed by atoms with Crippen LogP contribution in [-0.4, -0.2) is 16.5 Å². The molecule has 0 unspecified atom stereocenters. The summed E-state index contributed by atoms with van der Waals surface area (Å²) in [6, 6.07) is 3.84. The molecule has 1 heterocycles. The average molecular weight is 279 g/mol. The van der Waals surface area contributed by atoms with Gasteiger partial charge in [-0.3, -0.25) is 0 Å². The molecule has 0 bridgehead atoms. The maximum atomic E-state index is 13.2. The zero-order chi connectivity index (χ0) is 14.4. The second kappa shape index (κ2) is 7.14. The fraction of sp³-hybridized carbons (Fsp3) is 0.400. The Bertz CT molecular complexity index is 552. The van der Waals surface area contributed by atoms with E-state index in [2.05, 4.69) is 9.97 Å². The summed E-state index contributed by atoms with van der Waals surface area (Å²) in [5, 5.41) is 0. The number of H-pyrrole nitrogens is 1. The molecule has 108 valence electrons. The summed E-state index contributed by atoms with van der Waals surface area (Å²) < 4.78 is 26.1. The molecule has 0 saturated heterocycles. The predicted molar refractivity (Wildman–Crippen MR) is 75.2 cm³/mol. The number of imidazole rings is 1. The number of aromatic nitrogens is 2. The van der Waals surface area contributed by atoms with E-state index in [9.17, 15) is 8.78 Å². The average Bonchev–Trinajstić information content (AvgIpc) is 2.90. The molecule has 20 heavy (non-hydrogen) atoms. The van der Waals surface area contributed by atoms with Crippen LogP contribution in [0.1, 0.15) is 31.5 Å². The molecule has 1 aromatic carbocycles. The number of nitrogens with zero attached hydrogens (tertiary/aromatic N) is 1. The molecule has 0 spiro atoms. The summed E-state index contributed by atoms with van der Waals surface area (Å²) in [5.74, 6) is -0.814. The van der Waals surface area contributed by atoms with E-state index >= 15 is 0 Å². The van der Waals surface area contributed by atoms with Crippen molar-refractivity contribution in [1.82, 2.24) is 9.97 Å². The monoisotopic (exact) mass is 279 g/mol. The Balaban J connectivity index is 1.93. The fourth-order valence-electron chi connectivity index (χ4n) is 2.09. The zero-order valence-electron chi connectivity index (χ0n) is 11.3. The number of aryl methyl sites for hydroxylation is 1. The largest absolute Gasteiger partial charge is 0.342 e. The Kier molecular flexibility index (Phi) is 5.24. The number of nitrogens with one attached hydrogen (secondary N) is 1. The maximum absolute atomic E-state index is 13.2.